The van der Waals surface area contributed by atoms with E-state index in [0.29, 0.717) is 25.3 Å². The van der Waals surface area contributed by atoms with E-state index in [1.54, 1.807) is 4.90 Å². The highest BCUT2D eigenvalue weighted by molar-refractivity contribution is 5.95. The van der Waals surface area contributed by atoms with Gasteiger partial charge in [0.1, 0.15) is 5.82 Å². The Morgan fingerprint density at radius 1 is 1.50 bits per heavy atom. The number of benzene rings is 1. The highest BCUT2D eigenvalue weighted by Gasteiger charge is 2.30. The smallest absolute Gasteiger partial charge is 0.254 e. The first-order valence-electron chi connectivity index (χ1n) is 5.87. The summed E-state index contributed by atoms with van der Waals surface area (Å²) >= 11 is 0. The molecule has 18 heavy (non-hydrogen) atoms. The Bertz CT molecular complexity index is 474. The van der Waals surface area contributed by atoms with E-state index in [2.05, 4.69) is 0 Å². The van der Waals surface area contributed by atoms with Crippen LogP contribution in [-0.2, 0) is 4.74 Å². The Kier molecular flexibility index (Phi) is 3.26. The molecule has 1 aromatic rings. The average molecular weight is 252 g/mol. The quantitative estimate of drug-likeness (QED) is 0.773. The molecule has 0 radical (unpaired) electrons. The van der Waals surface area contributed by atoms with Gasteiger partial charge in [-0.15, -0.1) is 0 Å². The van der Waals surface area contributed by atoms with Crippen molar-refractivity contribution in [3.63, 3.8) is 0 Å². The zero-order valence-electron chi connectivity index (χ0n) is 10.6. The third kappa shape index (κ3) is 2.61. The number of carbonyl (C=O) groups is 1. The highest BCUT2D eigenvalue weighted by Crippen LogP contribution is 2.20. The number of rotatable bonds is 1. The monoisotopic (exact) mass is 252 g/mol. The summed E-state index contributed by atoms with van der Waals surface area (Å²) in [5.41, 5.74) is 5.53. The van der Waals surface area contributed by atoms with E-state index in [0.717, 1.165) is 0 Å². The molecule has 0 spiro atoms. The molecule has 1 aromatic carbocycles. The molecule has 0 aliphatic carbocycles. The molecule has 0 unspecified atom stereocenters. The van der Waals surface area contributed by atoms with Gasteiger partial charge in [0, 0.05) is 18.7 Å². The largest absolute Gasteiger partial charge is 0.396 e. The SMILES string of the molecule is CC1(C)CN(C(=O)c2ccc(F)c(N)c2)CCO1. The molecule has 2 N–H and O–H groups in total. The number of ether oxygens (including phenoxy) is 1. The van der Waals surface area contributed by atoms with Crippen LogP contribution in [0.1, 0.15) is 24.2 Å². The predicted molar refractivity (Wildman–Crippen MR) is 66.7 cm³/mol. The molecule has 0 saturated carbocycles. The van der Waals surface area contributed by atoms with Gasteiger partial charge in [-0.05, 0) is 32.0 Å². The van der Waals surface area contributed by atoms with Gasteiger partial charge in [-0.25, -0.2) is 4.39 Å². The number of amides is 1. The Hall–Kier alpha value is -1.62. The molecular weight excluding hydrogens is 235 g/mol. The van der Waals surface area contributed by atoms with E-state index in [-0.39, 0.29) is 17.2 Å². The van der Waals surface area contributed by atoms with Crippen LogP contribution in [0, 0.1) is 5.82 Å². The van der Waals surface area contributed by atoms with Crippen LogP contribution >= 0.6 is 0 Å². The lowest BCUT2D eigenvalue weighted by Gasteiger charge is -2.38. The van der Waals surface area contributed by atoms with Crippen LogP contribution < -0.4 is 5.73 Å². The number of morpholine rings is 1. The van der Waals surface area contributed by atoms with Gasteiger partial charge >= 0.3 is 0 Å². The van der Waals surface area contributed by atoms with E-state index in [1.165, 1.54) is 18.2 Å². The highest BCUT2D eigenvalue weighted by atomic mass is 19.1. The van der Waals surface area contributed by atoms with E-state index in [9.17, 15) is 9.18 Å². The fourth-order valence-electron chi connectivity index (χ4n) is 2.05. The van der Waals surface area contributed by atoms with Crippen molar-refractivity contribution in [1.82, 2.24) is 4.90 Å². The normalized spacial score (nSPS) is 18.7. The zero-order valence-corrected chi connectivity index (χ0v) is 10.6. The molecule has 0 aromatic heterocycles. The first kappa shape index (κ1) is 12.8. The van der Waals surface area contributed by atoms with Crippen molar-refractivity contribution in [2.45, 2.75) is 19.4 Å². The van der Waals surface area contributed by atoms with Crippen LogP contribution in [0.2, 0.25) is 0 Å². The Balaban J connectivity index is 2.18. The minimum absolute atomic E-state index is 0.00614. The number of nitrogen functional groups attached to an aromatic ring is 1. The van der Waals surface area contributed by atoms with Gasteiger partial charge in [-0.3, -0.25) is 4.79 Å². The van der Waals surface area contributed by atoms with Crippen LogP contribution in [0.25, 0.3) is 0 Å². The summed E-state index contributed by atoms with van der Waals surface area (Å²) in [6.07, 6.45) is 0. The number of anilines is 1. The van der Waals surface area contributed by atoms with Crippen molar-refractivity contribution in [2.24, 2.45) is 0 Å². The Morgan fingerprint density at radius 2 is 2.22 bits per heavy atom. The van der Waals surface area contributed by atoms with Crippen molar-refractivity contribution in [3.8, 4) is 0 Å². The molecule has 1 saturated heterocycles. The van der Waals surface area contributed by atoms with Crippen molar-refractivity contribution >= 4 is 11.6 Å². The summed E-state index contributed by atoms with van der Waals surface area (Å²) in [5.74, 6) is -0.646. The molecular formula is C13H17FN2O2. The number of halogens is 1. The van der Waals surface area contributed by atoms with E-state index in [4.69, 9.17) is 10.5 Å². The topological polar surface area (TPSA) is 55.6 Å². The van der Waals surface area contributed by atoms with Crippen molar-refractivity contribution in [1.29, 1.82) is 0 Å². The van der Waals surface area contributed by atoms with Crippen LogP contribution in [0.4, 0.5) is 10.1 Å². The predicted octanol–water partition coefficient (Wildman–Crippen LogP) is 1.66. The molecule has 1 amide bonds. The van der Waals surface area contributed by atoms with Gasteiger partial charge < -0.3 is 15.4 Å². The second-order valence-electron chi connectivity index (χ2n) is 5.07. The van der Waals surface area contributed by atoms with Gasteiger partial charge in [-0.2, -0.15) is 0 Å². The number of carbonyl (C=O) groups excluding carboxylic acids is 1. The number of nitrogens with zero attached hydrogens (tertiary/aromatic N) is 1. The average Bonchev–Trinajstić information content (AvgIpc) is 2.30. The molecule has 1 aliphatic rings. The zero-order chi connectivity index (χ0) is 13.3. The number of hydrogen-bond acceptors (Lipinski definition) is 3. The lowest BCUT2D eigenvalue weighted by atomic mass is 10.1. The molecule has 5 heteroatoms. The van der Waals surface area contributed by atoms with Crippen molar-refractivity contribution in [2.75, 3.05) is 25.4 Å². The minimum atomic E-state index is -0.506. The van der Waals surface area contributed by atoms with E-state index >= 15 is 0 Å². The Morgan fingerprint density at radius 3 is 2.83 bits per heavy atom. The van der Waals surface area contributed by atoms with Gasteiger partial charge in [0.2, 0.25) is 0 Å². The fraction of sp³-hybridized carbons (Fsp3) is 0.462. The van der Waals surface area contributed by atoms with Crippen molar-refractivity contribution in [3.05, 3.63) is 29.6 Å². The van der Waals surface area contributed by atoms with E-state index < -0.39 is 5.82 Å². The maximum absolute atomic E-state index is 13.1. The number of nitrogens with two attached hydrogens (primary N) is 1. The molecule has 2 rings (SSSR count). The van der Waals surface area contributed by atoms with Gasteiger partial charge in [0.05, 0.1) is 17.9 Å². The molecule has 0 bridgehead atoms. The molecule has 4 nitrogen and oxygen atoms in total. The molecule has 1 aliphatic heterocycles. The molecule has 0 atom stereocenters. The maximum atomic E-state index is 13.1. The third-order valence-corrected chi connectivity index (χ3v) is 2.96. The number of hydrogen-bond donors (Lipinski definition) is 1. The van der Waals surface area contributed by atoms with Gasteiger partial charge in [0.25, 0.3) is 5.91 Å². The summed E-state index contributed by atoms with van der Waals surface area (Å²) < 4.78 is 18.6. The first-order chi connectivity index (χ1) is 8.39. The van der Waals surface area contributed by atoms with Crippen LogP contribution in [0.5, 0.6) is 0 Å². The standard InChI is InChI=1S/C13H17FN2O2/c1-13(2)8-16(5-6-18-13)12(17)9-3-4-10(14)11(15)7-9/h3-4,7H,5-6,8,15H2,1-2H3. The van der Waals surface area contributed by atoms with Crippen LogP contribution in [0.3, 0.4) is 0 Å². The maximum Gasteiger partial charge on any atom is 0.254 e. The molecule has 98 valence electrons. The Labute approximate surface area is 106 Å². The van der Waals surface area contributed by atoms with Crippen LogP contribution in [0.15, 0.2) is 18.2 Å². The van der Waals surface area contributed by atoms with Crippen LogP contribution in [-0.4, -0.2) is 36.1 Å². The fourth-order valence-corrected chi connectivity index (χ4v) is 2.05. The molecule has 1 heterocycles. The van der Waals surface area contributed by atoms with Gasteiger partial charge in [0.15, 0.2) is 0 Å². The summed E-state index contributed by atoms with van der Waals surface area (Å²) in [7, 11) is 0. The van der Waals surface area contributed by atoms with Gasteiger partial charge in [-0.1, -0.05) is 0 Å². The first-order valence-corrected chi connectivity index (χ1v) is 5.87. The molecule has 1 fully saturated rings. The second-order valence-corrected chi connectivity index (χ2v) is 5.07. The third-order valence-electron chi connectivity index (χ3n) is 2.96. The second kappa shape index (κ2) is 4.57. The summed E-state index contributed by atoms with van der Waals surface area (Å²) in [5, 5.41) is 0. The lowest BCUT2D eigenvalue weighted by molar-refractivity contribution is -0.0764. The lowest BCUT2D eigenvalue weighted by Crippen LogP contribution is -2.50. The summed E-state index contributed by atoms with van der Waals surface area (Å²) in [6, 6.07) is 4.05. The van der Waals surface area contributed by atoms with E-state index in [1.807, 2.05) is 13.8 Å². The minimum Gasteiger partial charge on any atom is -0.396 e. The summed E-state index contributed by atoms with van der Waals surface area (Å²) in [6.45, 7) is 5.44. The summed E-state index contributed by atoms with van der Waals surface area (Å²) in [4.78, 5) is 13.9. The van der Waals surface area contributed by atoms with Crippen molar-refractivity contribution < 1.29 is 13.9 Å².